The number of hydrogen-bond acceptors (Lipinski definition) is 3. The first-order valence-electron chi connectivity index (χ1n) is 6.42. The maximum Gasteiger partial charge on any atom is 0.160 e. The molecule has 0 N–H and O–H groups in total. The molecule has 1 saturated heterocycles. The molecule has 3 heterocycles. The zero-order chi connectivity index (χ0) is 13.2. The summed E-state index contributed by atoms with van der Waals surface area (Å²) in [5.41, 5.74) is 1.86. The van der Waals surface area contributed by atoms with Crippen molar-refractivity contribution in [3.8, 4) is 0 Å². The van der Waals surface area contributed by atoms with Gasteiger partial charge in [0.05, 0.1) is 6.61 Å². The number of aryl methyl sites for hydroxylation is 1. The summed E-state index contributed by atoms with van der Waals surface area (Å²) >= 11 is 9.31. The average molecular weight is 345 g/mol. The van der Waals surface area contributed by atoms with Crippen LogP contribution < -0.4 is 0 Å². The average Bonchev–Trinajstić information content (AvgIpc) is 2.99. The number of nitrogens with zero attached hydrogens (tertiary/aromatic N) is 3. The predicted molar refractivity (Wildman–Crippen MR) is 78.6 cm³/mol. The maximum absolute atomic E-state index is 5.88. The molecular weight excluding hydrogens is 330 g/mol. The summed E-state index contributed by atoms with van der Waals surface area (Å²) in [4.78, 5) is 9.15. The highest BCUT2D eigenvalue weighted by Crippen LogP contribution is 2.22. The molecular formula is C13H15BrClN3O. The molecule has 1 aliphatic rings. The van der Waals surface area contributed by atoms with Gasteiger partial charge in [0.15, 0.2) is 5.65 Å². The quantitative estimate of drug-likeness (QED) is 0.801. The summed E-state index contributed by atoms with van der Waals surface area (Å²) in [5, 5.41) is 0. The number of alkyl halides is 1. The Labute approximate surface area is 125 Å². The summed E-state index contributed by atoms with van der Waals surface area (Å²) in [6.45, 7) is 2.61. The third-order valence-electron chi connectivity index (χ3n) is 3.41. The zero-order valence-corrected chi connectivity index (χ0v) is 12.8. The van der Waals surface area contributed by atoms with Crippen molar-refractivity contribution < 1.29 is 4.74 Å². The van der Waals surface area contributed by atoms with Crippen molar-refractivity contribution in [2.45, 2.75) is 19.4 Å². The van der Waals surface area contributed by atoms with Crippen molar-refractivity contribution in [1.29, 1.82) is 0 Å². The number of fused-ring (bicyclic) bond motifs is 1. The van der Waals surface area contributed by atoms with E-state index in [1.165, 1.54) is 0 Å². The van der Waals surface area contributed by atoms with Gasteiger partial charge in [-0.1, -0.05) is 0 Å². The summed E-state index contributed by atoms with van der Waals surface area (Å²) in [6, 6.07) is 2.00. The van der Waals surface area contributed by atoms with Crippen LogP contribution in [0.1, 0.15) is 12.2 Å². The summed E-state index contributed by atoms with van der Waals surface area (Å²) in [7, 11) is 0. The summed E-state index contributed by atoms with van der Waals surface area (Å²) in [6.07, 6.45) is 3.69. The van der Waals surface area contributed by atoms with Crippen LogP contribution >= 0.6 is 27.5 Å². The van der Waals surface area contributed by atoms with Gasteiger partial charge in [-0.05, 0) is 28.4 Å². The number of imidazole rings is 1. The minimum atomic E-state index is 0.553. The molecule has 0 amide bonds. The van der Waals surface area contributed by atoms with Crippen LogP contribution in [0.15, 0.2) is 16.7 Å². The van der Waals surface area contributed by atoms with Gasteiger partial charge in [-0.3, -0.25) is 0 Å². The predicted octanol–water partition coefficient (Wildman–Crippen LogP) is 3.01. The van der Waals surface area contributed by atoms with Gasteiger partial charge < -0.3 is 9.30 Å². The lowest BCUT2D eigenvalue weighted by molar-refractivity contribution is 0.182. The van der Waals surface area contributed by atoms with Gasteiger partial charge >= 0.3 is 0 Å². The van der Waals surface area contributed by atoms with Gasteiger partial charge in [0.2, 0.25) is 0 Å². The molecule has 0 spiro atoms. The van der Waals surface area contributed by atoms with E-state index in [2.05, 4.69) is 30.5 Å². The van der Waals surface area contributed by atoms with Crippen LogP contribution in [0.3, 0.4) is 0 Å². The van der Waals surface area contributed by atoms with Crippen LogP contribution in [0.2, 0.25) is 0 Å². The SMILES string of the molecule is ClCCc1nc2cc(Br)cnc2n1CC1CCOC1. The summed E-state index contributed by atoms with van der Waals surface area (Å²) < 4.78 is 8.60. The Morgan fingerprint density at radius 2 is 2.42 bits per heavy atom. The van der Waals surface area contributed by atoms with E-state index in [0.29, 0.717) is 11.8 Å². The Bertz CT molecular complexity index is 581. The van der Waals surface area contributed by atoms with Crippen LogP contribution in [0, 0.1) is 5.92 Å². The molecule has 0 radical (unpaired) electrons. The topological polar surface area (TPSA) is 39.9 Å². The van der Waals surface area contributed by atoms with E-state index >= 15 is 0 Å². The molecule has 3 rings (SSSR count). The van der Waals surface area contributed by atoms with Crippen LogP contribution in [0.4, 0.5) is 0 Å². The van der Waals surface area contributed by atoms with Gasteiger partial charge in [0, 0.05) is 42.0 Å². The third kappa shape index (κ3) is 2.78. The molecule has 6 heteroatoms. The molecule has 1 fully saturated rings. The molecule has 0 aromatic carbocycles. The Morgan fingerprint density at radius 1 is 1.53 bits per heavy atom. The Hall–Kier alpha value is -0.650. The van der Waals surface area contributed by atoms with Crippen molar-refractivity contribution in [2.24, 2.45) is 5.92 Å². The molecule has 102 valence electrons. The first-order chi connectivity index (χ1) is 9.28. The minimum Gasteiger partial charge on any atom is -0.381 e. The first-order valence-corrected chi connectivity index (χ1v) is 7.75. The molecule has 1 aliphatic heterocycles. The highest BCUT2D eigenvalue weighted by Gasteiger charge is 2.20. The molecule has 0 saturated carbocycles. The zero-order valence-electron chi connectivity index (χ0n) is 10.5. The van der Waals surface area contributed by atoms with Crippen molar-refractivity contribution in [3.63, 3.8) is 0 Å². The Balaban J connectivity index is 2.00. The second kappa shape index (κ2) is 5.77. The lowest BCUT2D eigenvalue weighted by Crippen LogP contribution is -2.14. The van der Waals surface area contributed by atoms with Crippen LogP contribution in [0.5, 0.6) is 0 Å². The second-order valence-electron chi connectivity index (χ2n) is 4.80. The number of ether oxygens (including phenoxy) is 1. The minimum absolute atomic E-state index is 0.553. The van der Waals surface area contributed by atoms with Crippen molar-refractivity contribution in [2.75, 3.05) is 19.1 Å². The van der Waals surface area contributed by atoms with Gasteiger partial charge in [-0.15, -0.1) is 11.6 Å². The fourth-order valence-electron chi connectivity index (χ4n) is 2.49. The largest absolute Gasteiger partial charge is 0.381 e. The number of halogens is 2. The van der Waals surface area contributed by atoms with E-state index in [9.17, 15) is 0 Å². The number of aromatic nitrogens is 3. The Morgan fingerprint density at radius 3 is 3.16 bits per heavy atom. The van der Waals surface area contributed by atoms with Gasteiger partial charge in [-0.2, -0.15) is 0 Å². The van der Waals surface area contributed by atoms with Crippen molar-refractivity contribution in [1.82, 2.24) is 14.5 Å². The Kier molecular flexibility index (Phi) is 4.05. The van der Waals surface area contributed by atoms with E-state index in [1.807, 2.05) is 12.3 Å². The van der Waals surface area contributed by atoms with E-state index in [1.54, 1.807) is 0 Å². The van der Waals surface area contributed by atoms with Gasteiger partial charge in [0.1, 0.15) is 11.3 Å². The molecule has 4 nitrogen and oxygen atoms in total. The number of hydrogen-bond donors (Lipinski definition) is 0. The maximum atomic E-state index is 5.88. The monoisotopic (exact) mass is 343 g/mol. The first kappa shape index (κ1) is 13.3. The van der Waals surface area contributed by atoms with Crippen molar-refractivity contribution >= 4 is 38.7 Å². The van der Waals surface area contributed by atoms with Gasteiger partial charge in [0.25, 0.3) is 0 Å². The molecule has 2 aromatic heterocycles. The van der Waals surface area contributed by atoms with Gasteiger partial charge in [-0.25, -0.2) is 9.97 Å². The lowest BCUT2D eigenvalue weighted by Gasteiger charge is -2.12. The van der Waals surface area contributed by atoms with E-state index < -0.39 is 0 Å². The molecule has 0 bridgehead atoms. The number of pyridine rings is 1. The standard InChI is InChI=1S/C13H15BrClN3O/c14-10-5-11-13(16-6-10)18(12(17-11)1-3-15)7-9-2-4-19-8-9/h5-6,9H,1-4,7-8H2. The van der Waals surface area contributed by atoms with E-state index in [-0.39, 0.29) is 0 Å². The molecule has 0 aliphatic carbocycles. The highest BCUT2D eigenvalue weighted by atomic mass is 79.9. The van der Waals surface area contributed by atoms with Crippen LogP contribution in [-0.2, 0) is 17.7 Å². The smallest absolute Gasteiger partial charge is 0.160 e. The summed E-state index contributed by atoms with van der Waals surface area (Å²) in [5.74, 6) is 2.14. The van der Waals surface area contributed by atoms with Crippen LogP contribution in [0.25, 0.3) is 11.2 Å². The molecule has 19 heavy (non-hydrogen) atoms. The lowest BCUT2D eigenvalue weighted by atomic mass is 10.1. The normalized spacial score (nSPS) is 19.4. The van der Waals surface area contributed by atoms with Crippen LogP contribution in [-0.4, -0.2) is 33.6 Å². The van der Waals surface area contributed by atoms with E-state index in [0.717, 1.165) is 54.1 Å². The molecule has 1 atom stereocenters. The fraction of sp³-hybridized carbons (Fsp3) is 0.538. The number of rotatable bonds is 4. The third-order valence-corrected chi connectivity index (χ3v) is 4.04. The molecule has 2 aromatic rings. The van der Waals surface area contributed by atoms with Crippen molar-refractivity contribution in [3.05, 3.63) is 22.6 Å². The van der Waals surface area contributed by atoms with E-state index in [4.69, 9.17) is 16.3 Å². The highest BCUT2D eigenvalue weighted by molar-refractivity contribution is 9.10. The second-order valence-corrected chi connectivity index (χ2v) is 6.10. The fourth-order valence-corrected chi connectivity index (χ4v) is 2.97. The molecule has 1 unspecified atom stereocenters.